The van der Waals surface area contributed by atoms with E-state index in [1.165, 1.54) is 0 Å². The summed E-state index contributed by atoms with van der Waals surface area (Å²) in [5.74, 6) is 0. The van der Waals surface area contributed by atoms with Crippen molar-refractivity contribution in [3.63, 3.8) is 0 Å². The summed E-state index contributed by atoms with van der Waals surface area (Å²) < 4.78 is 4.71. The van der Waals surface area contributed by atoms with Gasteiger partial charge in [-0.1, -0.05) is 0 Å². The fraction of sp³-hybridized carbons (Fsp3) is 1.00. The number of epoxide rings is 1. The topological polar surface area (TPSA) is 42.5 Å². The third-order valence-corrected chi connectivity index (χ3v) is 0.500. The first kappa shape index (κ1) is 10.0. The van der Waals surface area contributed by atoms with Gasteiger partial charge in [0.15, 0.2) is 0 Å². The summed E-state index contributed by atoms with van der Waals surface area (Å²) in [7, 11) is 0. The summed E-state index contributed by atoms with van der Waals surface area (Å²) in [4.78, 5) is 0. The molecule has 1 N–H and O–H groups in total. The molecule has 1 aliphatic rings. The Bertz CT molecular complexity index is 28.0. The molecule has 0 spiro atoms. The van der Waals surface area contributed by atoms with Gasteiger partial charge in [0, 0.05) is 0 Å². The van der Waals surface area contributed by atoms with Crippen molar-refractivity contribution < 1.29 is 39.8 Å². The van der Waals surface area contributed by atoms with E-state index in [0.29, 0.717) is 6.10 Å². The minimum atomic E-state index is 0. The first-order valence-electron chi connectivity index (χ1n) is 1.51. The molecule has 0 aliphatic carbocycles. The van der Waals surface area contributed by atoms with E-state index in [9.17, 15) is 0 Å². The molecule has 3 heteroatoms. The average molecular weight is 98.1 g/mol. The van der Waals surface area contributed by atoms with Crippen LogP contribution in [0.5, 0.6) is 0 Å². The molecule has 32 valence electrons. The quantitative estimate of drug-likeness (QED) is 0.243. The van der Waals surface area contributed by atoms with E-state index in [-0.39, 0.29) is 35.0 Å². The standard InChI is InChI=1S/C3H6O.Na.H2O/c1-3-2-4-3;;/h3H,2H2,1H3;;1H2/q;+1;/p-1. The molecule has 0 aromatic carbocycles. The van der Waals surface area contributed by atoms with Gasteiger partial charge >= 0.3 is 29.6 Å². The molecule has 2 nitrogen and oxygen atoms in total. The van der Waals surface area contributed by atoms with Crippen LogP contribution in [0.15, 0.2) is 0 Å². The second-order valence-electron chi connectivity index (χ2n) is 1.14. The smallest absolute Gasteiger partial charge is 0.870 e. The van der Waals surface area contributed by atoms with E-state index >= 15 is 0 Å². The molecule has 0 bridgehead atoms. The third kappa shape index (κ3) is 4.92. The normalized spacial score (nSPS) is 26.5. The summed E-state index contributed by atoms with van der Waals surface area (Å²) >= 11 is 0. The maximum atomic E-state index is 4.71. The Morgan fingerprint density at radius 1 is 1.67 bits per heavy atom. The number of hydrogen-bond donors (Lipinski definition) is 0. The molecule has 1 fully saturated rings. The molecular formula is C3H7NaO2. The number of ether oxygens (including phenoxy) is 1. The second kappa shape index (κ2) is 4.09. The van der Waals surface area contributed by atoms with Crippen molar-refractivity contribution in [1.82, 2.24) is 0 Å². The molecule has 0 saturated carbocycles. The van der Waals surface area contributed by atoms with Gasteiger partial charge in [0.05, 0.1) is 12.7 Å². The van der Waals surface area contributed by atoms with Gasteiger partial charge in [0.2, 0.25) is 0 Å². The second-order valence-corrected chi connectivity index (χ2v) is 1.14. The van der Waals surface area contributed by atoms with Crippen molar-refractivity contribution in [3.05, 3.63) is 0 Å². The van der Waals surface area contributed by atoms with Crippen LogP contribution in [0.3, 0.4) is 0 Å². The van der Waals surface area contributed by atoms with Crippen LogP contribution in [0.25, 0.3) is 0 Å². The van der Waals surface area contributed by atoms with Crippen molar-refractivity contribution in [2.24, 2.45) is 0 Å². The summed E-state index contributed by atoms with van der Waals surface area (Å²) in [6, 6.07) is 0. The van der Waals surface area contributed by atoms with Crippen molar-refractivity contribution in [1.29, 1.82) is 0 Å². The van der Waals surface area contributed by atoms with Crippen molar-refractivity contribution in [2.75, 3.05) is 6.61 Å². The predicted molar refractivity (Wildman–Crippen MR) is 17.3 cm³/mol. The monoisotopic (exact) mass is 98.0 g/mol. The minimum Gasteiger partial charge on any atom is -0.870 e. The molecule has 1 heterocycles. The molecule has 6 heavy (non-hydrogen) atoms. The fourth-order valence-corrected chi connectivity index (χ4v) is 0.0962. The number of hydrogen-bond acceptors (Lipinski definition) is 2. The third-order valence-electron chi connectivity index (χ3n) is 0.500. The van der Waals surface area contributed by atoms with Gasteiger partial charge in [0.25, 0.3) is 0 Å². The maximum absolute atomic E-state index is 4.71. The van der Waals surface area contributed by atoms with Crippen LogP contribution >= 0.6 is 0 Å². The molecule has 0 amide bonds. The summed E-state index contributed by atoms with van der Waals surface area (Å²) in [6.07, 6.45) is 0.583. The van der Waals surface area contributed by atoms with Gasteiger partial charge < -0.3 is 10.2 Å². The Hall–Kier alpha value is 0.920. The first-order valence-corrected chi connectivity index (χ1v) is 1.51. The van der Waals surface area contributed by atoms with Gasteiger partial charge in [0.1, 0.15) is 0 Å². The van der Waals surface area contributed by atoms with Crippen LogP contribution in [0.4, 0.5) is 0 Å². The summed E-state index contributed by atoms with van der Waals surface area (Å²) in [5.41, 5.74) is 0. The van der Waals surface area contributed by atoms with Crippen LogP contribution in [-0.2, 0) is 4.74 Å². The van der Waals surface area contributed by atoms with Gasteiger partial charge in [-0.15, -0.1) is 0 Å². The van der Waals surface area contributed by atoms with Gasteiger partial charge in [-0.05, 0) is 6.92 Å². The molecule has 0 aromatic rings. The average Bonchev–Trinajstić information content (AvgIpc) is 1.75. The maximum Gasteiger partial charge on any atom is 1.00 e. The zero-order valence-corrected chi connectivity index (χ0v) is 6.14. The molecule has 1 rings (SSSR count). The van der Waals surface area contributed by atoms with E-state index in [1.54, 1.807) is 0 Å². The van der Waals surface area contributed by atoms with Crippen LogP contribution in [-0.4, -0.2) is 18.2 Å². The van der Waals surface area contributed by atoms with E-state index in [0.717, 1.165) is 6.61 Å². The van der Waals surface area contributed by atoms with E-state index in [2.05, 4.69) is 6.92 Å². The zero-order chi connectivity index (χ0) is 2.99. The molecule has 1 unspecified atom stereocenters. The Balaban J connectivity index is 0. The first-order chi connectivity index (χ1) is 1.89. The zero-order valence-electron chi connectivity index (χ0n) is 4.14. The molecule has 1 aliphatic heterocycles. The molecule has 1 saturated heterocycles. The van der Waals surface area contributed by atoms with E-state index in [4.69, 9.17) is 4.74 Å². The molecule has 0 aromatic heterocycles. The minimum absolute atomic E-state index is 0. The Labute approximate surface area is 59.5 Å². The van der Waals surface area contributed by atoms with E-state index < -0.39 is 0 Å². The Kier molecular flexibility index (Phi) is 6.83. The molecule has 0 radical (unpaired) electrons. The SMILES string of the molecule is CC1CO1.[Na+].[OH-]. The van der Waals surface area contributed by atoms with Gasteiger partial charge in [-0.3, -0.25) is 0 Å². The van der Waals surface area contributed by atoms with Crippen molar-refractivity contribution >= 4 is 0 Å². The van der Waals surface area contributed by atoms with Crippen LogP contribution in [0.1, 0.15) is 6.92 Å². The molecular weight excluding hydrogens is 91.0 g/mol. The predicted octanol–water partition coefficient (Wildman–Crippen LogP) is -2.77. The van der Waals surface area contributed by atoms with Crippen molar-refractivity contribution in [2.45, 2.75) is 13.0 Å². The Morgan fingerprint density at radius 2 is 1.83 bits per heavy atom. The van der Waals surface area contributed by atoms with E-state index in [1.807, 2.05) is 0 Å². The van der Waals surface area contributed by atoms with Crippen LogP contribution < -0.4 is 29.6 Å². The Morgan fingerprint density at radius 3 is 1.83 bits per heavy atom. The number of rotatable bonds is 0. The summed E-state index contributed by atoms with van der Waals surface area (Å²) in [5, 5.41) is 0. The molecule has 1 atom stereocenters. The van der Waals surface area contributed by atoms with Gasteiger partial charge in [-0.2, -0.15) is 0 Å². The van der Waals surface area contributed by atoms with Crippen LogP contribution in [0, 0.1) is 0 Å². The van der Waals surface area contributed by atoms with Gasteiger partial charge in [-0.25, -0.2) is 0 Å². The summed E-state index contributed by atoms with van der Waals surface area (Å²) in [6.45, 7) is 3.04. The van der Waals surface area contributed by atoms with Crippen LogP contribution in [0.2, 0.25) is 0 Å². The largest absolute Gasteiger partial charge is 1.00 e. The fourth-order valence-electron chi connectivity index (χ4n) is 0.0962. The van der Waals surface area contributed by atoms with Crippen molar-refractivity contribution in [3.8, 4) is 0 Å².